The van der Waals surface area contributed by atoms with Crippen LogP contribution < -0.4 is 5.32 Å². The number of carbonyl (C=O) groups excluding carboxylic acids is 4. The minimum absolute atomic E-state index is 0.0750. The van der Waals surface area contributed by atoms with Crippen molar-refractivity contribution in [1.82, 2.24) is 4.90 Å². The molecule has 172 valence electrons. The lowest BCUT2D eigenvalue weighted by atomic mass is 9.85. The van der Waals surface area contributed by atoms with E-state index >= 15 is 0 Å². The number of cyclic esters (lactones) is 1. The lowest BCUT2D eigenvalue weighted by molar-refractivity contribution is -0.145. The number of phenolic OH excluding ortho intramolecular Hbond substituents is 1. The second-order valence-electron chi connectivity index (χ2n) is 9.08. The van der Waals surface area contributed by atoms with Crippen molar-refractivity contribution in [2.45, 2.75) is 79.9 Å². The van der Waals surface area contributed by atoms with Crippen LogP contribution in [0.15, 0.2) is 18.2 Å². The van der Waals surface area contributed by atoms with Crippen LogP contribution in [-0.2, 0) is 19.1 Å². The highest BCUT2D eigenvalue weighted by Crippen LogP contribution is 2.31. The van der Waals surface area contributed by atoms with E-state index in [-0.39, 0.29) is 11.4 Å². The van der Waals surface area contributed by atoms with E-state index in [1.54, 1.807) is 33.8 Å². The monoisotopic (exact) mass is 434 g/mol. The average molecular weight is 435 g/mol. The lowest BCUT2D eigenvalue weighted by Crippen LogP contribution is -2.55. The molecule has 1 aromatic carbocycles. The second-order valence-corrected chi connectivity index (χ2v) is 9.08. The molecule has 1 aliphatic heterocycles. The Morgan fingerprint density at radius 3 is 2.13 bits per heavy atom. The van der Waals surface area contributed by atoms with Crippen molar-refractivity contribution in [2.75, 3.05) is 5.32 Å². The maximum Gasteiger partial charge on any atom is 0.418 e. The quantitative estimate of drug-likeness (QED) is 0.531. The van der Waals surface area contributed by atoms with Gasteiger partial charge in [0.2, 0.25) is 0 Å². The van der Waals surface area contributed by atoms with Crippen LogP contribution >= 0.6 is 0 Å². The van der Waals surface area contributed by atoms with Crippen LogP contribution in [0.3, 0.4) is 0 Å². The highest BCUT2D eigenvalue weighted by molar-refractivity contribution is 6.19. The minimum Gasteiger partial charge on any atom is -0.506 e. The number of amides is 3. The molecular weight excluding hydrogens is 400 g/mol. The molecule has 1 fully saturated rings. The number of aromatic hydroxyl groups is 1. The zero-order valence-electron chi connectivity index (χ0n) is 19.7. The summed E-state index contributed by atoms with van der Waals surface area (Å²) in [7, 11) is 0. The fraction of sp³-hybridized carbons (Fsp3) is 0.565. The molecule has 1 saturated heterocycles. The average Bonchev–Trinajstić information content (AvgIpc) is 2.86. The molecule has 2 rings (SSSR count). The number of carbonyl (C=O) groups is 4. The fourth-order valence-corrected chi connectivity index (χ4v) is 2.62. The van der Waals surface area contributed by atoms with E-state index in [1.807, 2.05) is 0 Å². The Morgan fingerprint density at radius 1 is 1.16 bits per heavy atom. The number of nitrogens with one attached hydrogen (secondary N) is 1. The minimum atomic E-state index is -1.72. The smallest absolute Gasteiger partial charge is 0.418 e. The van der Waals surface area contributed by atoms with Gasteiger partial charge in [0.05, 0.1) is 5.69 Å². The van der Waals surface area contributed by atoms with Crippen molar-refractivity contribution in [2.24, 2.45) is 5.41 Å². The fourth-order valence-electron chi connectivity index (χ4n) is 2.62. The standard InChI is InChI=1S/C19H24N2O6.C4H10/c1-10-7-8-12(22)11(9-10)20-15(24)13(14(23)18(2,3)4)21-16(25)19(5,6)27-17(21)26;1-3-4-2/h7-9,13,22H,1-6H3,(H,20,24);3-4H2,1-2H3. The van der Waals surface area contributed by atoms with Gasteiger partial charge in [-0.15, -0.1) is 0 Å². The number of anilines is 1. The van der Waals surface area contributed by atoms with Gasteiger partial charge < -0.3 is 15.2 Å². The summed E-state index contributed by atoms with van der Waals surface area (Å²) in [6.45, 7) is 13.6. The van der Waals surface area contributed by atoms with E-state index in [4.69, 9.17) is 4.74 Å². The summed E-state index contributed by atoms with van der Waals surface area (Å²) in [5.74, 6) is -2.51. The number of ketones is 1. The molecule has 0 radical (unpaired) electrons. The number of benzene rings is 1. The zero-order valence-corrected chi connectivity index (χ0v) is 19.7. The maximum atomic E-state index is 12.9. The Bertz CT molecular complexity index is 852. The van der Waals surface area contributed by atoms with Gasteiger partial charge >= 0.3 is 6.09 Å². The first-order valence-corrected chi connectivity index (χ1v) is 10.4. The molecule has 31 heavy (non-hydrogen) atoms. The van der Waals surface area contributed by atoms with Gasteiger partial charge in [-0.3, -0.25) is 14.4 Å². The topological polar surface area (TPSA) is 113 Å². The van der Waals surface area contributed by atoms with E-state index in [1.165, 1.54) is 38.8 Å². The summed E-state index contributed by atoms with van der Waals surface area (Å²) in [5, 5.41) is 12.4. The first kappa shape index (κ1) is 26.1. The van der Waals surface area contributed by atoms with Gasteiger partial charge in [-0.1, -0.05) is 53.5 Å². The van der Waals surface area contributed by atoms with Gasteiger partial charge in [-0.2, -0.15) is 0 Å². The summed E-state index contributed by atoms with van der Waals surface area (Å²) < 4.78 is 5.02. The molecular formula is C23H34N2O6. The van der Waals surface area contributed by atoms with Gasteiger partial charge in [-0.05, 0) is 38.5 Å². The van der Waals surface area contributed by atoms with E-state index in [0.717, 1.165) is 5.56 Å². The Kier molecular flexibility index (Phi) is 8.38. The molecule has 2 N–H and O–H groups in total. The predicted molar refractivity (Wildman–Crippen MR) is 118 cm³/mol. The highest BCUT2D eigenvalue weighted by atomic mass is 16.6. The lowest BCUT2D eigenvalue weighted by Gasteiger charge is -2.28. The summed E-state index contributed by atoms with van der Waals surface area (Å²) in [6.07, 6.45) is 1.58. The van der Waals surface area contributed by atoms with E-state index in [0.29, 0.717) is 4.90 Å². The van der Waals surface area contributed by atoms with Crippen molar-refractivity contribution >= 4 is 29.4 Å². The number of ether oxygens (including phenoxy) is 1. The molecule has 1 atom stereocenters. The maximum absolute atomic E-state index is 12.9. The van der Waals surface area contributed by atoms with Gasteiger partial charge in [0.15, 0.2) is 17.4 Å². The largest absolute Gasteiger partial charge is 0.506 e. The highest BCUT2D eigenvalue weighted by Gasteiger charge is 2.55. The summed E-state index contributed by atoms with van der Waals surface area (Å²) in [6, 6.07) is 2.84. The van der Waals surface area contributed by atoms with Gasteiger partial charge in [-0.25, -0.2) is 9.69 Å². The van der Waals surface area contributed by atoms with Crippen molar-refractivity contribution in [3.8, 4) is 5.75 Å². The number of phenols is 1. The summed E-state index contributed by atoms with van der Waals surface area (Å²) in [4.78, 5) is 51.2. The zero-order chi connectivity index (χ0) is 24.1. The van der Waals surface area contributed by atoms with Gasteiger partial charge in [0.1, 0.15) is 5.75 Å². The number of hydrogen-bond donors (Lipinski definition) is 2. The van der Waals surface area contributed by atoms with Crippen LogP contribution in [0.4, 0.5) is 10.5 Å². The Morgan fingerprint density at radius 2 is 1.71 bits per heavy atom. The van der Waals surface area contributed by atoms with Crippen molar-refractivity contribution in [1.29, 1.82) is 0 Å². The van der Waals surface area contributed by atoms with E-state index in [9.17, 15) is 24.3 Å². The molecule has 0 spiro atoms. The number of imide groups is 1. The third-order valence-electron chi connectivity index (χ3n) is 4.68. The molecule has 3 amide bonds. The summed E-state index contributed by atoms with van der Waals surface area (Å²) >= 11 is 0. The van der Waals surface area contributed by atoms with Crippen molar-refractivity contribution < 1.29 is 29.0 Å². The Labute approximate surface area is 183 Å². The molecule has 1 unspecified atom stereocenters. The molecule has 8 heteroatoms. The second kappa shape index (κ2) is 9.94. The van der Waals surface area contributed by atoms with Crippen LogP contribution in [-0.4, -0.2) is 45.3 Å². The summed E-state index contributed by atoms with van der Waals surface area (Å²) in [5.41, 5.74) is -1.64. The molecule has 0 saturated carbocycles. The van der Waals surface area contributed by atoms with E-state index in [2.05, 4.69) is 19.2 Å². The predicted octanol–water partition coefficient (Wildman–Crippen LogP) is 4.19. The number of Topliss-reactive ketones (excluding diaryl/α,β-unsaturated/α-hetero) is 1. The van der Waals surface area contributed by atoms with Crippen LogP contribution in [0.25, 0.3) is 0 Å². The van der Waals surface area contributed by atoms with Crippen molar-refractivity contribution in [3.63, 3.8) is 0 Å². The first-order chi connectivity index (χ1) is 14.2. The first-order valence-electron chi connectivity index (χ1n) is 10.4. The molecule has 1 heterocycles. The van der Waals surface area contributed by atoms with Crippen LogP contribution in [0.5, 0.6) is 5.75 Å². The molecule has 0 bridgehead atoms. The van der Waals surface area contributed by atoms with Gasteiger partial charge in [0, 0.05) is 5.41 Å². The molecule has 1 aromatic rings. The van der Waals surface area contributed by atoms with Gasteiger partial charge in [0.25, 0.3) is 11.8 Å². The number of unbranched alkanes of at least 4 members (excludes halogenated alkanes) is 1. The molecule has 8 nitrogen and oxygen atoms in total. The molecule has 0 aromatic heterocycles. The number of aryl methyl sites for hydroxylation is 1. The number of rotatable bonds is 5. The van der Waals surface area contributed by atoms with Crippen LogP contribution in [0, 0.1) is 12.3 Å². The molecule has 1 aliphatic rings. The Balaban J connectivity index is 0.00000110. The van der Waals surface area contributed by atoms with E-state index < -0.39 is 40.7 Å². The van der Waals surface area contributed by atoms with Crippen LogP contribution in [0.2, 0.25) is 0 Å². The Hall–Kier alpha value is -2.90. The van der Waals surface area contributed by atoms with Crippen molar-refractivity contribution in [3.05, 3.63) is 23.8 Å². The van der Waals surface area contributed by atoms with Crippen LogP contribution in [0.1, 0.15) is 66.9 Å². The third kappa shape index (κ3) is 6.29. The SMILES string of the molecule is CCCC.Cc1ccc(O)c(NC(=O)C(C(=O)C(C)(C)C)N2C(=O)OC(C)(C)C2=O)c1. The molecule has 0 aliphatic carbocycles. The number of nitrogens with zero attached hydrogens (tertiary/aromatic N) is 1. The normalized spacial score (nSPS) is 16.2. The number of hydrogen-bond acceptors (Lipinski definition) is 6. The third-order valence-corrected chi connectivity index (χ3v) is 4.68.